The standard InChI is InChI=1S/C10H10N2S/c1-11-9-4-2-3-8(7-9)10-5-6-13-12-10/h2-7,11H,1H3. The van der Waals surface area contributed by atoms with Crippen LogP contribution in [0, 0.1) is 0 Å². The Morgan fingerprint density at radius 2 is 2.23 bits per heavy atom. The summed E-state index contributed by atoms with van der Waals surface area (Å²) < 4.78 is 4.28. The molecule has 0 spiro atoms. The summed E-state index contributed by atoms with van der Waals surface area (Å²) in [5.74, 6) is 0. The van der Waals surface area contributed by atoms with E-state index < -0.39 is 0 Å². The average molecular weight is 190 g/mol. The van der Waals surface area contributed by atoms with Crippen molar-refractivity contribution >= 4 is 17.2 Å². The molecule has 0 aliphatic carbocycles. The maximum absolute atomic E-state index is 4.28. The molecule has 1 heterocycles. The van der Waals surface area contributed by atoms with Crippen LogP contribution in [0.5, 0.6) is 0 Å². The Balaban J connectivity index is 2.41. The van der Waals surface area contributed by atoms with Crippen molar-refractivity contribution in [2.24, 2.45) is 0 Å². The quantitative estimate of drug-likeness (QED) is 0.787. The average Bonchev–Trinajstić information content (AvgIpc) is 2.71. The van der Waals surface area contributed by atoms with Crippen LogP contribution in [-0.2, 0) is 0 Å². The van der Waals surface area contributed by atoms with Crippen molar-refractivity contribution in [2.75, 3.05) is 12.4 Å². The third kappa shape index (κ3) is 1.70. The van der Waals surface area contributed by atoms with Gasteiger partial charge in [0.2, 0.25) is 0 Å². The maximum atomic E-state index is 4.28. The molecule has 0 saturated carbocycles. The molecule has 0 unspecified atom stereocenters. The molecule has 66 valence electrons. The highest BCUT2D eigenvalue weighted by molar-refractivity contribution is 7.03. The Morgan fingerprint density at radius 3 is 2.92 bits per heavy atom. The molecule has 0 aliphatic heterocycles. The Labute approximate surface area is 81.4 Å². The van der Waals surface area contributed by atoms with Crippen LogP contribution < -0.4 is 5.32 Å². The lowest BCUT2D eigenvalue weighted by atomic mass is 10.1. The maximum Gasteiger partial charge on any atom is 0.0841 e. The summed E-state index contributed by atoms with van der Waals surface area (Å²) in [7, 11) is 1.92. The highest BCUT2D eigenvalue weighted by Gasteiger charge is 1.99. The molecule has 2 rings (SSSR count). The van der Waals surface area contributed by atoms with Gasteiger partial charge < -0.3 is 5.32 Å². The summed E-state index contributed by atoms with van der Waals surface area (Å²) in [5, 5.41) is 5.09. The minimum absolute atomic E-state index is 1.04. The van der Waals surface area contributed by atoms with E-state index in [1.54, 1.807) is 0 Å². The van der Waals surface area contributed by atoms with E-state index in [1.807, 2.05) is 30.6 Å². The van der Waals surface area contributed by atoms with Gasteiger partial charge in [-0.25, -0.2) is 0 Å². The van der Waals surface area contributed by atoms with Crippen LogP contribution in [0.1, 0.15) is 0 Å². The molecule has 0 amide bonds. The molecule has 0 fully saturated rings. The van der Waals surface area contributed by atoms with Gasteiger partial charge in [-0.05, 0) is 29.7 Å². The zero-order chi connectivity index (χ0) is 9.10. The second-order valence-corrected chi connectivity index (χ2v) is 3.38. The van der Waals surface area contributed by atoms with Gasteiger partial charge in [0.15, 0.2) is 0 Å². The predicted octanol–water partition coefficient (Wildman–Crippen LogP) is 2.85. The Bertz CT molecular complexity index is 382. The fourth-order valence-electron chi connectivity index (χ4n) is 1.20. The normalized spacial score (nSPS) is 9.92. The molecule has 0 aliphatic rings. The van der Waals surface area contributed by atoms with E-state index in [2.05, 4.69) is 21.8 Å². The summed E-state index contributed by atoms with van der Waals surface area (Å²) in [6.45, 7) is 0. The number of rotatable bonds is 2. The zero-order valence-corrected chi connectivity index (χ0v) is 8.14. The van der Waals surface area contributed by atoms with Crippen molar-refractivity contribution in [1.29, 1.82) is 0 Å². The lowest BCUT2D eigenvalue weighted by molar-refractivity contribution is 1.48. The topological polar surface area (TPSA) is 24.9 Å². The number of nitrogens with one attached hydrogen (secondary N) is 1. The van der Waals surface area contributed by atoms with Gasteiger partial charge in [0.25, 0.3) is 0 Å². The van der Waals surface area contributed by atoms with Crippen molar-refractivity contribution in [3.8, 4) is 11.3 Å². The van der Waals surface area contributed by atoms with Gasteiger partial charge in [0.05, 0.1) is 5.69 Å². The predicted molar refractivity (Wildman–Crippen MR) is 57.1 cm³/mol. The van der Waals surface area contributed by atoms with Crippen LogP contribution in [0.4, 0.5) is 5.69 Å². The molecule has 0 saturated heterocycles. The molecule has 0 bridgehead atoms. The minimum Gasteiger partial charge on any atom is -0.388 e. The molecule has 3 heteroatoms. The number of nitrogens with zero attached hydrogens (tertiary/aromatic N) is 1. The van der Waals surface area contributed by atoms with E-state index in [1.165, 1.54) is 11.5 Å². The lowest BCUT2D eigenvalue weighted by Crippen LogP contribution is -1.87. The number of hydrogen-bond acceptors (Lipinski definition) is 3. The fraction of sp³-hybridized carbons (Fsp3) is 0.100. The highest BCUT2D eigenvalue weighted by Crippen LogP contribution is 2.21. The van der Waals surface area contributed by atoms with E-state index in [9.17, 15) is 0 Å². The third-order valence-electron chi connectivity index (χ3n) is 1.88. The van der Waals surface area contributed by atoms with Crippen LogP contribution >= 0.6 is 11.5 Å². The number of hydrogen-bond donors (Lipinski definition) is 1. The van der Waals surface area contributed by atoms with Crippen LogP contribution in [0.2, 0.25) is 0 Å². The summed E-state index contributed by atoms with van der Waals surface area (Å²) in [4.78, 5) is 0. The molecule has 1 aromatic heterocycles. The summed E-state index contributed by atoms with van der Waals surface area (Å²) in [5.41, 5.74) is 3.32. The van der Waals surface area contributed by atoms with E-state index >= 15 is 0 Å². The highest BCUT2D eigenvalue weighted by atomic mass is 32.1. The van der Waals surface area contributed by atoms with E-state index in [0.29, 0.717) is 0 Å². The van der Waals surface area contributed by atoms with Gasteiger partial charge in [0.1, 0.15) is 0 Å². The number of benzene rings is 1. The van der Waals surface area contributed by atoms with Crippen LogP contribution in [-0.4, -0.2) is 11.4 Å². The van der Waals surface area contributed by atoms with Crippen molar-refractivity contribution in [3.05, 3.63) is 35.7 Å². The van der Waals surface area contributed by atoms with Gasteiger partial charge in [-0.1, -0.05) is 12.1 Å². The molecule has 1 N–H and O–H groups in total. The zero-order valence-electron chi connectivity index (χ0n) is 7.32. The fourth-order valence-corrected chi connectivity index (χ4v) is 1.73. The van der Waals surface area contributed by atoms with Crippen LogP contribution in [0.3, 0.4) is 0 Å². The molecule has 2 nitrogen and oxygen atoms in total. The molecule has 13 heavy (non-hydrogen) atoms. The second kappa shape index (κ2) is 3.58. The third-order valence-corrected chi connectivity index (χ3v) is 2.44. The first kappa shape index (κ1) is 8.26. The van der Waals surface area contributed by atoms with Crippen molar-refractivity contribution in [3.63, 3.8) is 0 Å². The smallest absolute Gasteiger partial charge is 0.0841 e. The Morgan fingerprint density at radius 1 is 1.31 bits per heavy atom. The van der Waals surface area contributed by atoms with Crippen molar-refractivity contribution in [2.45, 2.75) is 0 Å². The molecular weight excluding hydrogens is 180 g/mol. The number of anilines is 1. The van der Waals surface area contributed by atoms with Gasteiger partial charge in [0, 0.05) is 23.7 Å². The van der Waals surface area contributed by atoms with Crippen LogP contribution in [0.15, 0.2) is 35.7 Å². The van der Waals surface area contributed by atoms with E-state index in [-0.39, 0.29) is 0 Å². The molecule has 1 aromatic carbocycles. The SMILES string of the molecule is CNc1cccc(-c2ccsn2)c1. The molecular formula is C10H10N2S. The summed E-state index contributed by atoms with van der Waals surface area (Å²) >= 11 is 1.48. The first-order valence-electron chi connectivity index (χ1n) is 4.09. The van der Waals surface area contributed by atoms with E-state index in [0.717, 1.165) is 16.9 Å². The van der Waals surface area contributed by atoms with Crippen molar-refractivity contribution in [1.82, 2.24) is 4.37 Å². The van der Waals surface area contributed by atoms with E-state index in [4.69, 9.17) is 0 Å². The number of aromatic nitrogens is 1. The summed E-state index contributed by atoms with van der Waals surface area (Å²) in [6.07, 6.45) is 0. The summed E-state index contributed by atoms with van der Waals surface area (Å²) in [6, 6.07) is 10.3. The molecule has 0 radical (unpaired) electrons. The largest absolute Gasteiger partial charge is 0.388 e. The first-order valence-corrected chi connectivity index (χ1v) is 4.92. The lowest BCUT2D eigenvalue weighted by Gasteiger charge is -2.01. The van der Waals surface area contributed by atoms with Crippen LogP contribution in [0.25, 0.3) is 11.3 Å². The molecule has 0 atom stereocenters. The Hall–Kier alpha value is -1.35. The molecule has 2 aromatic rings. The monoisotopic (exact) mass is 190 g/mol. The first-order chi connectivity index (χ1) is 6.40. The second-order valence-electron chi connectivity index (χ2n) is 2.72. The van der Waals surface area contributed by atoms with Gasteiger partial charge in [-0.15, -0.1) is 0 Å². The minimum atomic E-state index is 1.04. The van der Waals surface area contributed by atoms with Crippen molar-refractivity contribution < 1.29 is 0 Å². The van der Waals surface area contributed by atoms with Gasteiger partial charge in [-0.3, -0.25) is 0 Å². The van der Waals surface area contributed by atoms with Gasteiger partial charge >= 0.3 is 0 Å². The van der Waals surface area contributed by atoms with Gasteiger partial charge in [-0.2, -0.15) is 4.37 Å². The Kier molecular flexibility index (Phi) is 2.27.